The number of benzene rings is 1. The average molecular weight is 305 g/mol. The van der Waals surface area contributed by atoms with Crippen molar-refractivity contribution >= 4 is 23.2 Å². The van der Waals surface area contributed by atoms with E-state index in [9.17, 15) is 9.59 Å². The van der Waals surface area contributed by atoms with Gasteiger partial charge in [0.15, 0.2) is 6.61 Å². The molecule has 2 rings (SSSR count). The van der Waals surface area contributed by atoms with Crippen molar-refractivity contribution in [1.29, 1.82) is 0 Å². The molecule has 0 spiro atoms. The van der Waals surface area contributed by atoms with Crippen LogP contribution in [0, 0.1) is 0 Å². The van der Waals surface area contributed by atoms with E-state index in [-0.39, 0.29) is 23.8 Å². The Morgan fingerprint density at radius 2 is 2.00 bits per heavy atom. The standard InChI is InChI=1S/C15H15NO4S/c17-14(16-8-7-11-4-3-9-21-11)10-20-13-6-2-1-5-12(13)15(18)19/h1-6,9H,7-8,10H2,(H,16,17)(H,18,19). The Bertz CT molecular complexity index is 610. The second-order valence-corrected chi connectivity index (χ2v) is 5.30. The van der Waals surface area contributed by atoms with Crippen LogP contribution in [0.5, 0.6) is 5.75 Å². The van der Waals surface area contributed by atoms with Crippen molar-refractivity contribution in [2.45, 2.75) is 6.42 Å². The fourth-order valence-electron chi connectivity index (χ4n) is 1.74. The highest BCUT2D eigenvalue weighted by Gasteiger charge is 2.11. The molecule has 2 aromatic rings. The number of nitrogens with one attached hydrogen (secondary N) is 1. The van der Waals surface area contributed by atoms with E-state index in [4.69, 9.17) is 9.84 Å². The van der Waals surface area contributed by atoms with Crippen molar-refractivity contribution in [3.8, 4) is 5.75 Å². The lowest BCUT2D eigenvalue weighted by Gasteiger charge is -2.09. The molecule has 1 amide bonds. The van der Waals surface area contributed by atoms with Crippen LogP contribution in [0.4, 0.5) is 0 Å². The number of para-hydroxylation sites is 1. The number of carbonyl (C=O) groups excluding carboxylic acids is 1. The number of carboxylic acids is 1. The highest BCUT2D eigenvalue weighted by molar-refractivity contribution is 7.09. The van der Waals surface area contributed by atoms with E-state index in [1.807, 2.05) is 17.5 Å². The summed E-state index contributed by atoms with van der Waals surface area (Å²) in [4.78, 5) is 23.8. The van der Waals surface area contributed by atoms with Crippen molar-refractivity contribution in [3.63, 3.8) is 0 Å². The van der Waals surface area contributed by atoms with Crippen LogP contribution in [-0.4, -0.2) is 30.1 Å². The van der Waals surface area contributed by atoms with Gasteiger partial charge < -0.3 is 15.2 Å². The van der Waals surface area contributed by atoms with Gasteiger partial charge in [-0.15, -0.1) is 11.3 Å². The number of aromatic carboxylic acids is 1. The number of carbonyl (C=O) groups is 2. The van der Waals surface area contributed by atoms with Crippen LogP contribution < -0.4 is 10.1 Å². The highest BCUT2D eigenvalue weighted by Crippen LogP contribution is 2.17. The number of hydrogen-bond donors (Lipinski definition) is 2. The molecule has 0 aliphatic heterocycles. The van der Waals surface area contributed by atoms with Gasteiger partial charge in [-0.3, -0.25) is 4.79 Å². The molecule has 0 aliphatic rings. The maximum atomic E-state index is 11.6. The smallest absolute Gasteiger partial charge is 0.339 e. The van der Waals surface area contributed by atoms with Gasteiger partial charge in [0.05, 0.1) is 0 Å². The maximum absolute atomic E-state index is 11.6. The summed E-state index contributed by atoms with van der Waals surface area (Å²) >= 11 is 1.64. The molecular formula is C15H15NO4S. The van der Waals surface area contributed by atoms with Crippen molar-refractivity contribution in [2.24, 2.45) is 0 Å². The van der Waals surface area contributed by atoms with Crippen molar-refractivity contribution in [2.75, 3.05) is 13.2 Å². The molecule has 21 heavy (non-hydrogen) atoms. The summed E-state index contributed by atoms with van der Waals surface area (Å²) < 4.78 is 5.26. The van der Waals surface area contributed by atoms with E-state index in [0.717, 1.165) is 6.42 Å². The largest absolute Gasteiger partial charge is 0.483 e. The van der Waals surface area contributed by atoms with Crippen LogP contribution >= 0.6 is 11.3 Å². The van der Waals surface area contributed by atoms with E-state index in [2.05, 4.69) is 5.32 Å². The van der Waals surface area contributed by atoms with Gasteiger partial charge in [-0.05, 0) is 30.0 Å². The molecule has 1 aromatic heterocycles. The van der Waals surface area contributed by atoms with Gasteiger partial charge in [0, 0.05) is 11.4 Å². The third-order valence-corrected chi connectivity index (χ3v) is 3.69. The monoisotopic (exact) mass is 305 g/mol. The summed E-state index contributed by atoms with van der Waals surface area (Å²) in [7, 11) is 0. The minimum absolute atomic E-state index is 0.0453. The lowest BCUT2D eigenvalue weighted by molar-refractivity contribution is -0.123. The Labute approximate surface area is 126 Å². The Morgan fingerprint density at radius 3 is 2.71 bits per heavy atom. The van der Waals surface area contributed by atoms with E-state index in [0.29, 0.717) is 6.54 Å². The summed E-state index contributed by atoms with van der Waals surface area (Å²) in [5.74, 6) is -1.16. The summed E-state index contributed by atoms with van der Waals surface area (Å²) in [6, 6.07) is 10.2. The average Bonchev–Trinajstić information content (AvgIpc) is 2.98. The predicted molar refractivity (Wildman–Crippen MR) is 79.9 cm³/mol. The van der Waals surface area contributed by atoms with E-state index in [1.54, 1.807) is 23.5 Å². The van der Waals surface area contributed by atoms with Crippen LogP contribution in [0.1, 0.15) is 15.2 Å². The van der Waals surface area contributed by atoms with Crippen LogP contribution in [0.15, 0.2) is 41.8 Å². The Kier molecular flexibility index (Phi) is 5.34. The fourth-order valence-corrected chi connectivity index (χ4v) is 2.45. The molecule has 1 aromatic carbocycles. The van der Waals surface area contributed by atoms with Crippen LogP contribution in [0.2, 0.25) is 0 Å². The van der Waals surface area contributed by atoms with Gasteiger partial charge in [0.2, 0.25) is 0 Å². The third-order valence-electron chi connectivity index (χ3n) is 2.75. The topological polar surface area (TPSA) is 75.6 Å². The maximum Gasteiger partial charge on any atom is 0.339 e. The second kappa shape index (κ2) is 7.44. The Hall–Kier alpha value is -2.34. The first-order valence-electron chi connectivity index (χ1n) is 6.41. The zero-order chi connectivity index (χ0) is 15.1. The number of thiophene rings is 1. The molecule has 0 bridgehead atoms. The molecule has 0 atom stereocenters. The summed E-state index contributed by atoms with van der Waals surface area (Å²) in [5, 5.41) is 13.7. The first-order chi connectivity index (χ1) is 10.2. The van der Waals surface area contributed by atoms with Gasteiger partial charge in [0.25, 0.3) is 5.91 Å². The second-order valence-electron chi connectivity index (χ2n) is 4.27. The number of ether oxygens (including phenoxy) is 1. The minimum atomic E-state index is -1.08. The quantitative estimate of drug-likeness (QED) is 0.822. The molecule has 6 heteroatoms. The van der Waals surface area contributed by atoms with Gasteiger partial charge in [-0.1, -0.05) is 18.2 Å². The lowest BCUT2D eigenvalue weighted by atomic mass is 10.2. The van der Waals surface area contributed by atoms with E-state index < -0.39 is 5.97 Å². The molecule has 0 saturated carbocycles. The summed E-state index contributed by atoms with van der Waals surface area (Å²) in [6.07, 6.45) is 0.773. The van der Waals surface area contributed by atoms with Crippen LogP contribution in [0.3, 0.4) is 0 Å². The predicted octanol–water partition coefficient (Wildman–Crippen LogP) is 2.18. The number of amides is 1. The van der Waals surface area contributed by atoms with Gasteiger partial charge in [-0.2, -0.15) is 0 Å². The van der Waals surface area contributed by atoms with Crippen molar-refractivity contribution < 1.29 is 19.4 Å². The molecule has 0 fully saturated rings. The first kappa shape index (κ1) is 15.1. The summed E-state index contributed by atoms with van der Waals surface area (Å²) in [5.41, 5.74) is 0.0453. The Balaban J connectivity index is 1.77. The molecule has 0 saturated heterocycles. The molecule has 0 aliphatic carbocycles. The van der Waals surface area contributed by atoms with Crippen molar-refractivity contribution in [1.82, 2.24) is 5.32 Å². The third kappa shape index (κ3) is 4.61. The number of rotatable bonds is 7. The van der Waals surface area contributed by atoms with Gasteiger partial charge >= 0.3 is 5.97 Å². The zero-order valence-corrected chi connectivity index (χ0v) is 12.1. The van der Waals surface area contributed by atoms with E-state index >= 15 is 0 Å². The number of carboxylic acid groups (broad SMARTS) is 1. The van der Waals surface area contributed by atoms with E-state index in [1.165, 1.54) is 17.0 Å². The molecule has 0 unspecified atom stereocenters. The SMILES string of the molecule is O=C(COc1ccccc1C(=O)O)NCCc1cccs1. The molecule has 5 nitrogen and oxygen atoms in total. The molecule has 0 radical (unpaired) electrons. The molecule has 2 N–H and O–H groups in total. The normalized spacial score (nSPS) is 10.1. The highest BCUT2D eigenvalue weighted by atomic mass is 32.1. The minimum Gasteiger partial charge on any atom is -0.483 e. The molecule has 110 valence electrons. The van der Waals surface area contributed by atoms with Gasteiger partial charge in [-0.25, -0.2) is 4.79 Å². The molecular weight excluding hydrogens is 290 g/mol. The van der Waals surface area contributed by atoms with Crippen LogP contribution in [-0.2, 0) is 11.2 Å². The lowest BCUT2D eigenvalue weighted by Crippen LogP contribution is -2.30. The first-order valence-corrected chi connectivity index (χ1v) is 7.29. The zero-order valence-electron chi connectivity index (χ0n) is 11.2. The summed E-state index contributed by atoms with van der Waals surface area (Å²) in [6.45, 7) is 0.331. The molecule has 1 heterocycles. The van der Waals surface area contributed by atoms with Crippen LogP contribution in [0.25, 0.3) is 0 Å². The fraction of sp³-hybridized carbons (Fsp3) is 0.200. The Morgan fingerprint density at radius 1 is 1.19 bits per heavy atom. The number of hydrogen-bond acceptors (Lipinski definition) is 4. The van der Waals surface area contributed by atoms with Gasteiger partial charge in [0.1, 0.15) is 11.3 Å². The van der Waals surface area contributed by atoms with Crippen molar-refractivity contribution in [3.05, 3.63) is 52.2 Å².